The van der Waals surface area contributed by atoms with E-state index in [1.807, 2.05) is 24.3 Å². The maximum absolute atomic E-state index is 13.8. The topological polar surface area (TPSA) is 71.7 Å². The SMILES string of the molecule is COc1ccc(-c2nnc(CN3CCN(C(=O)c4ccc(C)c(F)c4)CC3)o2)cc1. The number of halogens is 1. The van der Waals surface area contributed by atoms with Gasteiger partial charge in [-0.2, -0.15) is 0 Å². The van der Waals surface area contributed by atoms with Gasteiger partial charge in [-0.15, -0.1) is 10.2 Å². The largest absolute Gasteiger partial charge is 0.497 e. The van der Waals surface area contributed by atoms with Crippen LogP contribution in [-0.4, -0.2) is 59.2 Å². The van der Waals surface area contributed by atoms with E-state index in [0.29, 0.717) is 55.6 Å². The third-order valence-electron chi connectivity index (χ3n) is 5.24. The molecule has 0 radical (unpaired) electrons. The van der Waals surface area contributed by atoms with Gasteiger partial charge in [0, 0.05) is 37.3 Å². The minimum Gasteiger partial charge on any atom is -0.497 e. The molecule has 156 valence electrons. The number of nitrogens with zero attached hydrogens (tertiary/aromatic N) is 4. The molecule has 0 aliphatic carbocycles. The van der Waals surface area contributed by atoms with E-state index < -0.39 is 0 Å². The first-order valence-electron chi connectivity index (χ1n) is 9.78. The Morgan fingerprint density at radius 3 is 2.50 bits per heavy atom. The van der Waals surface area contributed by atoms with E-state index in [-0.39, 0.29) is 11.7 Å². The lowest BCUT2D eigenvalue weighted by Crippen LogP contribution is -2.48. The minimum absolute atomic E-state index is 0.145. The van der Waals surface area contributed by atoms with Crippen LogP contribution in [-0.2, 0) is 6.54 Å². The molecule has 30 heavy (non-hydrogen) atoms. The molecule has 1 aromatic heterocycles. The highest BCUT2D eigenvalue weighted by Crippen LogP contribution is 2.22. The fourth-order valence-electron chi connectivity index (χ4n) is 3.38. The van der Waals surface area contributed by atoms with Crippen molar-refractivity contribution in [3.8, 4) is 17.2 Å². The van der Waals surface area contributed by atoms with Crippen molar-refractivity contribution in [2.45, 2.75) is 13.5 Å². The first-order chi connectivity index (χ1) is 14.5. The van der Waals surface area contributed by atoms with Gasteiger partial charge in [-0.25, -0.2) is 4.39 Å². The molecule has 0 N–H and O–H groups in total. The molecular weight excluding hydrogens is 387 g/mol. The number of ether oxygens (including phenoxy) is 1. The molecule has 2 aromatic carbocycles. The summed E-state index contributed by atoms with van der Waals surface area (Å²) in [6.45, 7) is 4.69. The number of methoxy groups -OCH3 is 1. The molecule has 0 bridgehead atoms. The zero-order valence-corrected chi connectivity index (χ0v) is 17.0. The summed E-state index contributed by atoms with van der Waals surface area (Å²) >= 11 is 0. The molecule has 2 heterocycles. The van der Waals surface area contributed by atoms with Gasteiger partial charge in [0.15, 0.2) is 0 Å². The molecule has 8 heteroatoms. The van der Waals surface area contributed by atoms with Crippen LogP contribution in [0.2, 0.25) is 0 Å². The van der Waals surface area contributed by atoms with Gasteiger partial charge in [-0.1, -0.05) is 6.07 Å². The molecule has 0 saturated carbocycles. The third kappa shape index (κ3) is 4.33. The van der Waals surface area contributed by atoms with Crippen molar-refractivity contribution in [2.75, 3.05) is 33.3 Å². The summed E-state index contributed by atoms with van der Waals surface area (Å²) in [7, 11) is 1.62. The number of rotatable bonds is 5. The van der Waals surface area contributed by atoms with E-state index in [9.17, 15) is 9.18 Å². The standard InChI is InChI=1S/C22H23FN4O3/c1-15-3-4-17(13-19(15)23)22(28)27-11-9-26(10-12-27)14-20-24-25-21(30-20)16-5-7-18(29-2)8-6-16/h3-8,13H,9-12,14H2,1-2H3. The van der Waals surface area contributed by atoms with Crippen molar-refractivity contribution >= 4 is 5.91 Å². The van der Waals surface area contributed by atoms with E-state index in [4.69, 9.17) is 9.15 Å². The van der Waals surface area contributed by atoms with Crippen molar-refractivity contribution in [3.05, 3.63) is 65.3 Å². The number of benzene rings is 2. The van der Waals surface area contributed by atoms with E-state index in [0.717, 1.165) is 11.3 Å². The second-order valence-electron chi connectivity index (χ2n) is 7.26. The van der Waals surface area contributed by atoms with Crippen molar-refractivity contribution in [1.82, 2.24) is 20.0 Å². The van der Waals surface area contributed by atoms with Gasteiger partial charge < -0.3 is 14.1 Å². The fourth-order valence-corrected chi connectivity index (χ4v) is 3.38. The van der Waals surface area contributed by atoms with Crippen LogP contribution in [0.3, 0.4) is 0 Å². The van der Waals surface area contributed by atoms with Crippen LogP contribution in [0.25, 0.3) is 11.5 Å². The van der Waals surface area contributed by atoms with Gasteiger partial charge in [-0.3, -0.25) is 9.69 Å². The lowest BCUT2D eigenvalue weighted by Gasteiger charge is -2.34. The van der Waals surface area contributed by atoms with E-state index in [1.54, 1.807) is 31.1 Å². The third-order valence-corrected chi connectivity index (χ3v) is 5.24. The summed E-state index contributed by atoms with van der Waals surface area (Å²) in [5.41, 5.74) is 1.74. The Bertz CT molecular complexity index is 1030. The Hall–Kier alpha value is -3.26. The van der Waals surface area contributed by atoms with Gasteiger partial charge in [0.05, 0.1) is 13.7 Å². The minimum atomic E-state index is -0.358. The molecule has 1 saturated heterocycles. The quantitative estimate of drug-likeness (QED) is 0.644. The Kier molecular flexibility index (Phi) is 5.76. The molecule has 4 rings (SSSR count). The van der Waals surface area contributed by atoms with Gasteiger partial charge >= 0.3 is 0 Å². The number of amides is 1. The lowest BCUT2D eigenvalue weighted by atomic mass is 10.1. The number of carbonyl (C=O) groups excluding carboxylic acids is 1. The zero-order chi connectivity index (χ0) is 21.1. The molecule has 0 spiro atoms. The maximum atomic E-state index is 13.8. The summed E-state index contributed by atoms with van der Waals surface area (Å²) < 4.78 is 24.7. The Balaban J connectivity index is 1.33. The monoisotopic (exact) mass is 410 g/mol. The van der Waals surface area contributed by atoms with E-state index >= 15 is 0 Å². The fraction of sp³-hybridized carbons (Fsp3) is 0.318. The van der Waals surface area contributed by atoms with Gasteiger partial charge in [0.2, 0.25) is 11.8 Å². The van der Waals surface area contributed by atoms with Crippen LogP contribution in [0.15, 0.2) is 46.9 Å². The van der Waals surface area contributed by atoms with Gasteiger partial charge in [0.1, 0.15) is 11.6 Å². The maximum Gasteiger partial charge on any atom is 0.254 e. The molecule has 7 nitrogen and oxygen atoms in total. The highest BCUT2D eigenvalue weighted by Gasteiger charge is 2.24. The van der Waals surface area contributed by atoms with E-state index in [1.165, 1.54) is 6.07 Å². The molecule has 3 aromatic rings. The summed E-state index contributed by atoms with van der Waals surface area (Å²) in [6.07, 6.45) is 0. The number of aromatic nitrogens is 2. The number of hydrogen-bond donors (Lipinski definition) is 0. The smallest absolute Gasteiger partial charge is 0.254 e. The first-order valence-corrected chi connectivity index (χ1v) is 9.78. The second kappa shape index (κ2) is 8.62. The number of carbonyl (C=O) groups is 1. The van der Waals surface area contributed by atoms with Crippen LogP contribution in [0, 0.1) is 12.7 Å². The van der Waals surface area contributed by atoms with E-state index in [2.05, 4.69) is 15.1 Å². The average Bonchev–Trinajstić information content (AvgIpc) is 3.24. The molecule has 1 aliphatic rings. The average molecular weight is 410 g/mol. The molecule has 0 unspecified atom stereocenters. The van der Waals surface area contributed by atoms with Crippen molar-refractivity contribution in [1.29, 1.82) is 0 Å². The number of hydrogen-bond acceptors (Lipinski definition) is 6. The summed E-state index contributed by atoms with van der Waals surface area (Å²) in [5.74, 6) is 1.25. The highest BCUT2D eigenvalue weighted by molar-refractivity contribution is 5.94. The van der Waals surface area contributed by atoms with Crippen molar-refractivity contribution in [2.24, 2.45) is 0 Å². The summed E-state index contributed by atoms with van der Waals surface area (Å²) in [4.78, 5) is 16.5. The second-order valence-corrected chi connectivity index (χ2v) is 7.26. The van der Waals surface area contributed by atoms with Crippen molar-refractivity contribution < 1.29 is 18.3 Å². The lowest BCUT2D eigenvalue weighted by molar-refractivity contribution is 0.0618. The van der Waals surface area contributed by atoms with Crippen LogP contribution in [0.4, 0.5) is 4.39 Å². The van der Waals surface area contributed by atoms with Gasteiger partial charge in [-0.05, 0) is 48.9 Å². The zero-order valence-electron chi connectivity index (χ0n) is 17.0. The summed E-state index contributed by atoms with van der Waals surface area (Å²) in [6, 6.07) is 12.0. The predicted molar refractivity (Wildman–Crippen MR) is 109 cm³/mol. The molecule has 1 fully saturated rings. The van der Waals surface area contributed by atoms with Crippen LogP contribution >= 0.6 is 0 Å². The Labute approximate surface area is 174 Å². The number of aryl methyl sites for hydroxylation is 1. The Morgan fingerprint density at radius 2 is 1.83 bits per heavy atom. The van der Waals surface area contributed by atoms with Gasteiger partial charge in [0.25, 0.3) is 5.91 Å². The molecule has 0 atom stereocenters. The van der Waals surface area contributed by atoms with Crippen LogP contribution in [0.5, 0.6) is 5.75 Å². The van der Waals surface area contributed by atoms with Crippen LogP contribution < -0.4 is 4.74 Å². The molecule has 1 amide bonds. The van der Waals surface area contributed by atoms with Crippen LogP contribution in [0.1, 0.15) is 21.8 Å². The highest BCUT2D eigenvalue weighted by atomic mass is 19.1. The first kappa shape index (κ1) is 20.0. The normalized spacial score (nSPS) is 14.7. The van der Waals surface area contributed by atoms with Crippen molar-refractivity contribution in [3.63, 3.8) is 0 Å². The Morgan fingerprint density at radius 1 is 1.10 bits per heavy atom. The molecule has 1 aliphatic heterocycles. The predicted octanol–water partition coefficient (Wildman–Crippen LogP) is 3.15. The molecular formula is C22H23FN4O3. The summed E-state index contributed by atoms with van der Waals surface area (Å²) in [5, 5.41) is 8.26. The number of piperazine rings is 1.